The Kier molecular flexibility index (Phi) is 3.33. The van der Waals surface area contributed by atoms with Gasteiger partial charge in [0.2, 0.25) is 0 Å². The Hall–Kier alpha value is -1.56. The number of allylic oxidation sites excluding steroid dienone is 1. The largest absolute Gasteiger partial charge is 0.382 e. The van der Waals surface area contributed by atoms with Gasteiger partial charge < -0.3 is 10.3 Å². The van der Waals surface area contributed by atoms with E-state index in [4.69, 9.17) is 5.73 Å². The van der Waals surface area contributed by atoms with E-state index in [1.165, 1.54) is 11.8 Å². The van der Waals surface area contributed by atoms with E-state index in [1.807, 2.05) is 17.0 Å². The van der Waals surface area contributed by atoms with Crippen LogP contribution in [-0.4, -0.2) is 25.8 Å². The molecule has 2 aromatic rings. The second-order valence-electron chi connectivity index (χ2n) is 4.01. The van der Waals surface area contributed by atoms with Crippen molar-refractivity contribution in [2.45, 2.75) is 19.0 Å². The molecule has 2 N–H and O–H groups in total. The van der Waals surface area contributed by atoms with Gasteiger partial charge in [-0.05, 0) is 12.2 Å². The molecule has 0 aliphatic rings. The van der Waals surface area contributed by atoms with Crippen molar-refractivity contribution >= 4 is 34.9 Å². The summed E-state index contributed by atoms with van der Waals surface area (Å²) in [7, 11) is 0. The normalized spacial score (nSPS) is 12.0. The Bertz CT molecular complexity index is 558. The number of aromatic nitrogens is 4. The molecule has 0 fully saturated rings. The summed E-state index contributed by atoms with van der Waals surface area (Å²) in [6.07, 6.45) is 7.64. The first kappa shape index (κ1) is 11.9. The monoisotopic (exact) mass is 249 g/mol. The van der Waals surface area contributed by atoms with Gasteiger partial charge in [0.05, 0.1) is 0 Å². The summed E-state index contributed by atoms with van der Waals surface area (Å²) >= 11 is 1.46. The third-order valence-electron chi connectivity index (χ3n) is 2.25. The predicted molar refractivity (Wildman–Crippen MR) is 71.7 cm³/mol. The highest BCUT2D eigenvalue weighted by Crippen LogP contribution is 2.20. The Morgan fingerprint density at radius 1 is 1.41 bits per heavy atom. The van der Waals surface area contributed by atoms with Gasteiger partial charge in [-0.1, -0.05) is 31.7 Å². The van der Waals surface area contributed by atoms with Gasteiger partial charge >= 0.3 is 0 Å². The minimum absolute atomic E-state index is 0.463. The van der Waals surface area contributed by atoms with Crippen molar-refractivity contribution in [3.63, 3.8) is 0 Å². The van der Waals surface area contributed by atoms with Gasteiger partial charge in [-0.25, -0.2) is 15.0 Å². The van der Waals surface area contributed by atoms with E-state index < -0.39 is 0 Å². The van der Waals surface area contributed by atoms with Crippen LogP contribution in [0.1, 0.15) is 13.8 Å². The molecule has 90 valence electrons. The van der Waals surface area contributed by atoms with Crippen LogP contribution < -0.4 is 5.73 Å². The van der Waals surface area contributed by atoms with Crippen LogP contribution in [0.25, 0.3) is 17.4 Å². The second-order valence-corrected chi connectivity index (χ2v) is 4.78. The molecule has 0 aliphatic heterocycles. The minimum Gasteiger partial charge on any atom is -0.382 e. The number of anilines is 1. The zero-order chi connectivity index (χ0) is 12.4. The topological polar surface area (TPSA) is 69.6 Å². The number of hydrogen-bond acceptors (Lipinski definition) is 5. The maximum atomic E-state index is 5.93. The summed E-state index contributed by atoms with van der Waals surface area (Å²) in [6.45, 7) is 4.22. The van der Waals surface area contributed by atoms with Crippen molar-refractivity contribution in [1.29, 1.82) is 0 Å². The first-order chi connectivity index (χ1) is 8.11. The fourth-order valence-corrected chi connectivity index (χ4v) is 1.79. The highest BCUT2D eigenvalue weighted by molar-refractivity contribution is 7.98. The molecule has 0 unspecified atom stereocenters. The van der Waals surface area contributed by atoms with Crippen LogP contribution in [0.15, 0.2) is 17.6 Å². The van der Waals surface area contributed by atoms with Crippen molar-refractivity contribution in [2.24, 2.45) is 5.92 Å². The lowest BCUT2D eigenvalue weighted by molar-refractivity contribution is 0.832. The molecule has 0 saturated heterocycles. The Morgan fingerprint density at radius 3 is 2.82 bits per heavy atom. The molecule has 0 amide bonds. The van der Waals surface area contributed by atoms with Crippen LogP contribution in [0.2, 0.25) is 0 Å². The van der Waals surface area contributed by atoms with Crippen molar-refractivity contribution in [3.8, 4) is 0 Å². The van der Waals surface area contributed by atoms with Crippen molar-refractivity contribution in [2.75, 3.05) is 12.0 Å². The van der Waals surface area contributed by atoms with E-state index in [1.54, 1.807) is 6.33 Å². The number of nitrogens with two attached hydrogens (primary N) is 1. The lowest BCUT2D eigenvalue weighted by Crippen LogP contribution is -1.98. The fraction of sp³-hybridized carbons (Fsp3) is 0.364. The van der Waals surface area contributed by atoms with Gasteiger partial charge in [0, 0.05) is 6.20 Å². The first-order valence-electron chi connectivity index (χ1n) is 5.34. The van der Waals surface area contributed by atoms with Crippen molar-refractivity contribution < 1.29 is 0 Å². The van der Waals surface area contributed by atoms with E-state index in [9.17, 15) is 0 Å². The molecule has 5 nitrogen and oxygen atoms in total. The molecular formula is C11H15N5S. The molecule has 0 aliphatic carbocycles. The summed E-state index contributed by atoms with van der Waals surface area (Å²) < 4.78 is 1.86. The predicted octanol–water partition coefficient (Wildman–Crippen LogP) is 2.26. The van der Waals surface area contributed by atoms with Gasteiger partial charge in [0.15, 0.2) is 16.6 Å². The zero-order valence-corrected chi connectivity index (χ0v) is 10.9. The quantitative estimate of drug-likeness (QED) is 0.667. The summed E-state index contributed by atoms with van der Waals surface area (Å²) in [4.78, 5) is 12.8. The summed E-state index contributed by atoms with van der Waals surface area (Å²) in [5, 5.41) is 0.646. The molecule has 0 spiro atoms. The minimum atomic E-state index is 0.463. The van der Waals surface area contributed by atoms with Gasteiger partial charge in [0.1, 0.15) is 11.8 Å². The van der Waals surface area contributed by atoms with Gasteiger partial charge in [-0.3, -0.25) is 0 Å². The number of nitrogen functional groups attached to an aromatic ring is 1. The summed E-state index contributed by atoms with van der Waals surface area (Å²) in [6, 6.07) is 0. The number of rotatable bonds is 3. The third kappa shape index (κ3) is 2.41. The lowest BCUT2D eigenvalue weighted by atomic mass is 10.2. The van der Waals surface area contributed by atoms with Gasteiger partial charge in [-0.15, -0.1) is 0 Å². The Labute approximate surface area is 104 Å². The zero-order valence-electron chi connectivity index (χ0n) is 10.1. The summed E-state index contributed by atoms with van der Waals surface area (Å²) in [5.41, 5.74) is 7.32. The molecule has 2 rings (SSSR count). The molecule has 0 atom stereocenters. The van der Waals surface area contributed by atoms with E-state index in [0.717, 1.165) is 5.52 Å². The first-order valence-corrected chi connectivity index (χ1v) is 6.56. The Balaban J connectivity index is 2.53. The molecule has 0 saturated carbocycles. The molecule has 0 bridgehead atoms. The Morgan fingerprint density at radius 2 is 2.18 bits per heavy atom. The smallest absolute Gasteiger partial charge is 0.191 e. The van der Waals surface area contributed by atoms with E-state index in [-0.39, 0.29) is 0 Å². The van der Waals surface area contributed by atoms with Crippen LogP contribution in [0.3, 0.4) is 0 Å². The number of fused-ring (bicyclic) bond motifs is 1. The van der Waals surface area contributed by atoms with Crippen molar-refractivity contribution in [1.82, 2.24) is 19.5 Å². The maximum absolute atomic E-state index is 5.93. The molecule has 2 aromatic heterocycles. The summed E-state index contributed by atoms with van der Waals surface area (Å²) in [5.74, 6) is 0.935. The maximum Gasteiger partial charge on any atom is 0.191 e. The fourth-order valence-electron chi connectivity index (χ4n) is 1.42. The molecule has 0 aromatic carbocycles. The van der Waals surface area contributed by atoms with Crippen LogP contribution in [0.4, 0.5) is 5.82 Å². The van der Waals surface area contributed by atoms with Gasteiger partial charge in [0.25, 0.3) is 0 Å². The van der Waals surface area contributed by atoms with E-state index in [2.05, 4.69) is 34.9 Å². The third-order valence-corrected chi connectivity index (χ3v) is 2.80. The molecule has 6 heteroatoms. The number of thioether (sulfide) groups is 1. The molecule has 17 heavy (non-hydrogen) atoms. The lowest BCUT2D eigenvalue weighted by Gasteiger charge is -2.02. The van der Waals surface area contributed by atoms with E-state index >= 15 is 0 Å². The average Bonchev–Trinajstić information content (AvgIpc) is 2.69. The average molecular weight is 249 g/mol. The van der Waals surface area contributed by atoms with Crippen molar-refractivity contribution in [3.05, 3.63) is 12.4 Å². The number of hydrogen-bond donors (Lipinski definition) is 1. The van der Waals surface area contributed by atoms with Crippen LogP contribution >= 0.6 is 11.8 Å². The molecule has 0 radical (unpaired) electrons. The molecular weight excluding hydrogens is 234 g/mol. The SMILES string of the molecule is CSc1nc(N)c2c(ncn2/C=C/C(C)C)n1. The van der Waals surface area contributed by atoms with E-state index in [0.29, 0.717) is 22.5 Å². The van der Waals surface area contributed by atoms with Crippen LogP contribution in [0, 0.1) is 5.92 Å². The highest BCUT2D eigenvalue weighted by atomic mass is 32.2. The standard InChI is InChI=1S/C11H15N5S/c1-7(2)4-5-16-6-13-10-8(16)9(12)14-11(15-10)17-3/h4-7H,1-3H3,(H2,12,14,15)/b5-4+. The van der Waals surface area contributed by atoms with Crippen LogP contribution in [0.5, 0.6) is 0 Å². The van der Waals surface area contributed by atoms with Gasteiger partial charge in [-0.2, -0.15) is 0 Å². The van der Waals surface area contributed by atoms with Crippen LogP contribution in [-0.2, 0) is 0 Å². The number of nitrogens with zero attached hydrogens (tertiary/aromatic N) is 4. The molecule has 2 heterocycles. The number of imidazole rings is 1. The highest BCUT2D eigenvalue weighted by Gasteiger charge is 2.09. The second kappa shape index (κ2) is 4.75.